The van der Waals surface area contributed by atoms with Gasteiger partial charge >= 0.3 is 0 Å². The molecule has 0 saturated heterocycles. The molecule has 1 saturated carbocycles. The molecule has 1 aromatic rings. The minimum atomic E-state index is 0.562. The predicted molar refractivity (Wildman–Crippen MR) is 62.8 cm³/mol. The average Bonchev–Trinajstić information content (AvgIpc) is 2.80. The Morgan fingerprint density at radius 1 is 1.20 bits per heavy atom. The van der Waals surface area contributed by atoms with E-state index in [1.165, 1.54) is 25.7 Å². The predicted octanol–water partition coefficient (Wildman–Crippen LogP) is 3.06. The highest BCUT2D eigenvalue weighted by atomic mass is 16.5. The van der Waals surface area contributed by atoms with Gasteiger partial charge < -0.3 is 4.74 Å². The summed E-state index contributed by atoms with van der Waals surface area (Å²) in [5, 5.41) is 0. The molecule has 0 radical (unpaired) electrons. The van der Waals surface area contributed by atoms with E-state index in [1.807, 2.05) is 30.5 Å². The quantitative estimate of drug-likeness (QED) is 0.692. The molecule has 80 valence electrons. The van der Waals surface area contributed by atoms with E-state index in [9.17, 15) is 0 Å². The molecule has 0 aromatic heterocycles. The first-order chi connectivity index (χ1) is 7.38. The van der Waals surface area contributed by atoms with Crippen LogP contribution in [0.25, 0.3) is 0 Å². The number of aliphatic imine (C=N–C) groups is 1. The van der Waals surface area contributed by atoms with E-state index in [4.69, 9.17) is 4.74 Å². The van der Waals surface area contributed by atoms with Gasteiger partial charge in [0.2, 0.25) is 0 Å². The molecule has 2 rings (SSSR count). The van der Waals surface area contributed by atoms with Crippen LogP contribution in [0, 0.1) is 0 Å². The second-order valence-corrected chi connectivity index (χ2v) is 3.99. The van der Waals surface area contributed by atoms with Gasteiger partial charge in [0.05, 0.1) is 7.11 Å². The average molecular weight is 203 g/mol. The molecule has 15 heavy (non-hydrogen) atoms. The number of rotatable bonds is 3. The van der Waals surface area contributed by atoms with Crippen molar-refractivity contribution < 1.29 is 4.74 Å². The van der Waals surface area contributed by atoms with Crippen LogP contribution in [0.4, 0.5) is 0 Å². The molecule has 0 heterocycles. The maximum Gasteiger partial charge on any atom is 0.118 e. The lowest BCUT2D eigenvalue weighted by atomic mass is 10.2. The Morgan fingerprint density at radius 2 is 1.87 bits per heavy atom. The van der Waals surface area contributed by atoms with Crippen molar-refractivity contribution in [3.63, 3.8) is 0 Å². The van der Waals surface area contributed by atoms with E-state index in [0.717, 1.165) is 11.3 Å². The Balaban J connectivity index is 1.97. The third kappa shape index (κ3) is 2.82. The number of benzene rings is 1. The van der Waals surface area contributed by atoms with Crippen LogP contribution in [0.1, 0.15) is 31.2 Å². The Morgan fingerprint density at radius 3 is 2.47 bits per heavy atom. The fourth-order valence-corrected chi connectivity index (χ4v) is 1.93. The van der Waals surface area contributed by atoms with E-state index in [-0.39, 0.29) is 0 Å². The van der Waals surface area contributed by atoms with Crippen molar-refractivity contribution in [1.82, 2.24) is 0 Å². The number of ether oxygens (including phenoxy) is 1. The third-order valence-corrected chi connectivity index (χ3v) is 2.87. The first-order valence-electron chi connectivity index (χ1n) is 5.56. The molecule has 1 aliphatic rings. The fourth-order valence-electron chi connectivity index (χ4n) is 1.93. The normalized spacial score (nSPS) is 17.4. The van der Waals surface area contributed by atoms with Crippen molar-refractivity contribution in [3.05, 3.63) is 29.8 Å². The van der Waals surface area contributed by atoms with E-state index in [0.29, 0.717) is 6.04 Å². The number of nitrogens with zero attached hydrogens (tertiary/aromatic N) is 1. The van der Waals surface area contributed by atoms with Crippen molar-refractivity contribution in [1.29, 1.82) is 0 Å². The van der Waals surface area contributed by atoms with Crippen LogP contribution in [-0.2, 0) is 0 Å². The van der Waals surface area contributed by atoms with Crippen molar-refractivity contribution in [2.45, 2.75) is 31.7 Å². The summed E-state index contributed by atoms with van der Waals surface area (Å²) in [4.78, 5) is 4.58. The van der Waals surface area contributed by atoms with Gasteiger partial charge in [0.15, 0.2) is 0 Å². The van der Waals surface area contributed by atoms with E-state index < -0.39 is 0 Å². The van der Waals surface area contributed by atoms with Crippen LogP contribution >= 0.6 is 0 Å². The monoisotopic (exact) mass is 203 g/mol. The van der Waals surface area contributed by atoms with Gasteiger partial charge in [-0.05, 0) is 42.7 Å². The zero-order valence-corrected chi connectivity index (χ0v) is 9.15. The summed E-state index contributed by atoms with van der Waals surface area (Å²) in [6.45, 7) is 0. The van der Waals surface area contributed by atoms with E-state index in [2.05, 4.69) is 4.99 Å². The van der Waals surface area contributed by atoms with Gasteiger partial charge in [-0.2, -0.15) is 0 Å². The van der Waals surface area contributed by atoms with Crippen LogP contribution in [0.3, 0.4) is 0 Å². The van der Waals surface area contributed by atoms with Crippen LogP contribution in [-0.4, -0.2) is 19.4 Å². The summed E-state index contributed by atoms with van der Waals surface area (Å²) in [6, 6.07) is 8.58. The highest BCUT2D eigenvalue weighted by Crippen LogP contribution is 2.20. The molecule has 0 spiro atoms. The van der Waals surface area contributed by atoms with Gasteiger partial charge in [-0.25, -0.2) is 0 Å². The lowest BCUT2D eigenvalue weighted by Crippen LogP contribution is -1.96. The minimum absolute atomic E-state index is 0.562. The van der Waals surface area contributed by atoms with Crippen molar-refractivity contribution in [3.8, 4) is 5.75 Å². The van der Waals surface area contributed by atoms with Crippen molar-refractivity contribution in [2.24, 2.45) is 4.99 Å². The maximum atomic E-state index is 5.10. The molecule has 0 aliphatic heterocycles. The van der Waals surface area contributed by atoms with Gasteiger partial charge in [-0.1, -0.05) is 12.8 Å². The Labute approximate surface area is 91.0 Å². The largest absolute Gasteiger partial charge is 0.497 e. The second kappa shape index (κ2) is 4.96. The summed E-state index contributed by atoms with van der Waals surface area (Å²) < 4.78 is 5.10. The molecule has 2 nitrogen and oxygen atoms in total. The number of hydrogen-bond acceptors (Lipinski definition) is 2. The fraction of sp³-hybridized carbons (Fsp3) is 0.462. The first kappa shape index (κ1) is 10.2. The number of hydrogen-bond donors (Lipinski definition) is 0. The first-order valence-corrected chi connectivity index (χ1v) is 5.56. The van der Waals surface area contributed by atoms with Crippen molar-refractivity contribution >= 4 is 6.21 Å². The van der Waals surface area contributed by atoms with Gasteiger partial charge in [0.1, 0.15) is 5.75 Å². The highest BCUT2D eigenvalue weighted by Gasteiger charge is 2.11. The molecule has 0 bridgehead atoms. The van der Waals surface area contributed by atoms with Crippen LogP contribution in [0.5, 0.6) is 5.75 Å². The molecular weight excluding hydrogens is 186 g/mol. The number of methoxy groups -OCH3 is 1. The maximum absolute atomic E-state index is 5.10. The zero-order chi connectivity index (χ0) is 10.5. The minimum Gasteiger partial charge on any atom is -0.497 e. The van der Waals surface area contributed by atoms with Crippen molar-refractivity contribution in [2.75, 3.05) is 7.11 Å². The van der Waals surface area contributed by atoms with E-state index >= 15 is 0 Å². The second-order valence-electron chi connectivity index (χ2n) is 3.99. The standard InChI is InChI=1S/C13H17NO/c1-15-13-8-6-11(7-9-13)10-14-12-4-2-3-5-12/h6-10,12H,2-5H2,1H3. The molecule has 0 amide bonds. The Hall–Kier alpha value is -1.31. The van der Waals surface area contributed by atoms with Gasteiger partial charge in [0.25, 0.3) is 0 Å². The smallest absolute Gasteiger partial charge is 0.118 e. The summed E-state index contributed by atoms with van der Waals surface area (Å²) in [5.41, 5.74) is 1.16. The molecule has 1 fully saturated rings. The van der Waals surface area contributed by atoms with Crippen LogP contribution < -0.4 is 4.74 Å². The molecule has 1 aromatic carbocycles. The molecular formula is C13H17NO. The SMILES string of the molecule is COc1ccc(C=NC2CCCC2)cc1. The molecule has 0 N–H and O–H groups in total. The lowest BCUT2D eigenvalue weighted by Gasteiger charge is -2.01. The summed E-state index contributed by atoms with van der Waals surface area (Å²) >= 11 is 0. The molecule has 1 aliphatic carbocycles. The lowest BCUT2D eigenvalue weighted by molar-refractivity contribution is 0.415. The molecule has 0 atom stereocenters. The highest BCUT2D eigenvalue weighted by molar-refractivity contribution is 5.79. The summed E-state index contributed by atoms with van der Waals surface area (Å²) in [5.74, 6) is 0.896. The third-order valence-electron chi connectivity index (χ3n) is 2.87. The zero-order valence-electron chi connectivity index (χ0n) is 9.15. The van der Waals surface area contributed by atoms with Gasteiger partial charge in [-0.15, -0.1) is 0 Å². The summed E-state index contributed by atoms with van der Waals surface area (Å²) in [7, 11) is 1.68. The Kier molecular flexibility index (Phi) is 3.38. The topological polar surface area (TPSA) is 21.6 Å². The van der Waals surface area contributed by atoms with E-state index in [1.54, 1.807) is 7.11 Å². The van der Waals surface area contributed by atoms with Gasteiger partial charge in [0, 0.05) is 12.3 Å². The molecule has 0 unspecified atom stereocenters. The van der Waals surface area contributed by atoms with Crippen LogP contribution in [0.15, 0.2) is 29.3 Å². The summed E-state index contributed by atoms with van der Waals surface area (Å²) in [6.07, 6.45) is 7.17. The Bertz CT molecular complexity index is 323. The molecule has 2 heteroatoms. The van der Waals surface area contributed by atoms with Crippen LogP contribution in [0.2, 0.25) is 0 Å². The van der Waals surface area contributed by atoms with Gasteiger partial charge in [-0.3, -0.25) is 4.99 Å².